The van der Waals surface area contributed by atoms with Gasteiger partial charge in [-0.05, 0) is 0 Å². The Labute approximate surface area is 169 Å². The van der Waals surface area contributed by atoms with Crippen LogP contribution in [0.3, 0.4) is 0 Å². The van der Waals surface area contributed by atoms with Crippen molar-refractivity contribution in [3.63, 3.8) is 0 Å². The zero-order valence-electron chi connectivity index (χ0n) is 15.3. The summed E-state index contributed by atoms with van der Waals surface area (Å²) in [4.78, 5) is 0. The van der Waals surface area contributed by atoms with Crippen LogP contribution in [0.25, 0.3) is 0 Å². The normalized spacial score (nSPS) is 12.9. The predicted octanol–water partition coefficient (Wildman–Crippen LogP) is 5.46. The summed E-state index contributed by atoms with van der Waals surface area (Å²) < 4.78 is 0. The van der Waals surface area contributed by atoms with Gasteiger partial charge in [0.1, 0.15) is 0 Å². The van der Waals surface area contributed by atoms with E-state index in [2.05, 4.69) is 138 Å². The monoisotopic (exact) mass is 432 g/mol. The molecular formula is C25H22BrP. The van der Waals surface area contributed by atoms with Gasteiger partial charge >= 0.3 is 170 Å². The third-order valence-electron chi connectivity index (χ3n) is 5.24. The zero-order chi connectivity index (χ0) is 18.8. The van der Waals surface area contributed by atoms with Crippen LogP contribution in [0, 0.1) is 6.92 Å². The first-order valence-corrected chi connectivity index (χ1v) is 13.4. The van der Waals surface area contributed by atoms with Crippen LogP contribution in [0.2, 0.25) is 0 Å². The van der Waals surface area contributed by atoms with E-state index in [1.165, 1.54) is 26.8 Å². The van der Waals surface area contributed by atoms with Crippen molar-refractivity contribution in [2.45, 2.75) is 6.92 Å². The van der Waals surface area contributed by atoms with E-state index in [0.717, 1.165) is 0 Å². The molecule has 0 radical (unpaired) electrons. The van der Waals surface area contributed by atoms with Gasteiger partial charge in [0.25, 0.3) is 0 Å². The van der Waals surface area contributed by atoms with Gasteiger partial charge in [-0.25, -0.2) is 0 Å². The molecule has 2 heteroatoms. The molecule has 0 amide bonds. The van der Waals surface area contributed by atoms with Crippen LogP contribution in [0.5, 0.6) is 0 Å². The molecule has 27 heavy (non-hydrogen) atoms. The first kappa shape index (κ1) is 18.2. The second kappa shape index (κ2) is 7.08. The predicted molar refractivity (Wildman–Crippen MR) is 125 cm³/mol. The minimum atomic E-state index is -3.03. The van der Waals surface area contributed by atoms with Gasteiger partial charge in [-0.3, -0.25) is 0 Å². The Balaban J connectivity index is 2.22. The van der Waals surface area contributed by atoms with Crippen LogP contribution in [-0.2, 0) is 0 Å². The van der Waals surface area contributed by atoms with Crippen LogP contribution in [0.4, 0.5) is 0 Å². The van der Waals surface area contributed by atoms with Crippen LogP contribution in [0.1, 0.15) is 5.56 Å². The van der Waals surface area contributed by atoms with Crippen LogP contribution >= 0.6 is 20.8 Å². The number of hydrogen-bond donors (Lipinski definition) is 0. The zero-order valence-corrected chi connectivity index (χ0v) is 17.8. The summed E-state index contributed by atoms with van der Waals surface area (Å²) in [7, 11) is 0. The molecule has 0 aliphatic carbocycles. The first-order chi connectivity index (χ1) is 13.1. The number of benzene rings is 4. The van der Waals surface area contributed by atoms with Crippen LogP contribution in [-0.4, -0.2) is 0 Å². The summed E-state index contributed by atoms with van der Waals surface area (Å²) in [6.07, 6.45) is 0. The Hall–Kier alpha value is -2.21. The summed E-state index contributed by atoms with van der Waals surface area (Å²) in [5.41, 5.74) is 1.27. The summed E-state index contributed by atoms with van der Waals surface area (Å²) >= 11 is 4.48. The molecule has 0 atom stereocenters. The summed E-state index contributed by atoms with van der Waals surface area (Å²) in [5, 5.41) is 2.22. The molecule has 4 rings (SSSR count). The van der Waals surface area contributed by atoms with Gasteiger partial charge in [0.05, 0.1) is 0 Å². The van der Waals surface area contributed by atoms with E-state index in [9.17, 15) is 0 Å². The fourth-order valence-electron chi connectivity index (χ4n) is 3.84. The molecule has 0 aliphatic heterocycles. The second-order valence-corrected chi connectivity index (χ2v) is 15.2. The van der Waals surface area contributed by atoms with E-state index >= 15 is 0 Å². The molecule has 4 aromatic rings. The standard InChI is InChI=1S/C25H22BrP/c1-21-17-19-25(20-18-21)27(26,22-11-5-2-6-12-22,23-13-7-3-8-14-23)24-15-9-4-10-16-24/h2-20H,1H3. The minimum absolute atomic E-state index is 1.27. The van der Waals surface area contributed by atoms with Gasteiger partial charge in [-0.2, -0.15) is 0 Å². The average molecular weight is 433 g/mol. The van der Waals surface area contributed by atoms with Crippen LogP contribution in [0.15, 0.2) is 115 Å². The molecule has 0 bridgehead atoms. The van der Waals surface area contributed by atoms with E-state index in [1.807, 2.05) is 0 Å². The van der Waals surface area contributed by atoms with E-state index < -0.39 is 5.31 Å². The van der Waals surface area contributed by atoms with Crippen molar-refractivity contribution in [3.05, 3.63) is 121 Å². The molecule has 0 aliphatic rings. The molecule has 0 saturated heterocycles. The SMILES string of the molecule is Cc1ccc(P(Br)(c2ccccc2)(c2ccccc2)c2ccccc2)cc1. The number of aryl methyl sites for hydroxylation is 1. The Bertz CT molecular complexity index is 927. The van der Waals surface area contributed by atoms with E-state index in [4.69, 9.17) is 0 Å². The quantitative estimate of drug-likeness (QED) is 0.375. The first-order valence-electron chi connectivity index (χ1n) is 9.12. The van der Waals surface area contributed by atoms with Crippen molar-refractivity contribution in [2.75, 3.05) is 0 Å². The van der Waals surface area contributed by atoms with Gasteiger partial charge in [-0.15, -0.1) is 0 Å². The molecule has 0 aromatic heterocycles. The molecule has 0 spiro atoms. The molecule has 4 aromatic carbocycles. The third-order valence-corrected chi connectivity index (χ3v) is 15.2. The fourth-order valence-corrected chi connectivity index (χ4v) is 11.4. The molecule has 0 saturated carbocycles. The molecular weight excluding hydrogens is 411 g/mol. The molecule has 0 nitrogen and oxygen atoms in total. The van der Waals surface area contributed by atoms with Gasteiger partial charge in [-0.1, -0.05) is 0 Å². The van der Waals surface area contributed by atoms with Crippen molar-refractivity contribution < 1.29 is 0 Å². The van der Waals surface area contributed by atoms with Gasteiger partial charge in [0.15, 0.2) is 0 Å². The summed E-state index contributed by atoms with van der Waals surface area (Å²) in [6.45, 7) is 2.14. The van der Waals surface area contributed by atoms with Crippen LogP contribution < -0.4 is 21.2 Å². The maximum absolute atomic E-state index is 4.48. The molecule has 134 valence electrons. The topological polar surface area (TPSA) is 0 Å². The van der Waals surface area contributed by atoms with Gasteiger partial charge in [0.2, 0.25) is 0 Å². The Morgan fingerprint density at radius 3 is 1.07 bits per heavy atom. The van der Waals surface area contributed by atoms with Gasteiger partial charge < -0.3 is 0 Å². The second-order valence-electron chi connectivity index (χ2n) is 6.85. The average Bonchev–Trinajstić information content (AvgIpc) is 2.76. The van der Waals surface area contributed by atoms with E-state index in [-0.39, 0.29) is 0 Å². The Morgan fingerprint density at radius 1 is 0.444 bits per heavy atom. The number of rotatable bonds is 4. The van der Waals surface area contributed by atoms with Crippen molar-refractivity contribution in [2.24, 2.45) is 0 Å². The Kier molecular flexibility index (Phi) is 4.76. The molecule has 0 N–H and O–H groups in total. The molecule has 0 fully saturated rings. The van der Waals surface area contributed by atoms with Crippen molar-refractivity contribution >= 4 is 42.0 Å². The summed E-state index contributed by atoms with van der Waals surface area (Å²) in [5.74, 6) is 0. The fraction of sp³-hybridized carbons (Fsp3) is 0.0400. The maximum atomic E-state index is 4.48. The number of hydrogen-bond acceptors (Lipinski definition) is 0. The summed E-state index contributed by atoms with van der Waals surface area (Å²) in [6, 6.07) is 41.6. The van der Waals surface area contributed by atoms with Crippen molar-refractivity contribution in [1.29, 1.82) is 0 Å². The van der Waals surface area contributed by atoms with E-state index in [1.54, 1.807) is 0 Å². The van der Waals surface area contributed by atoms with E-state index in [0.29, 0.717) is 0 Å². The third kappa shape index (κ3) is 2.78. The van der Waals surface area contributed by atoms with Crippen molar-refractivity contribution in [1.82, 2.24) is 0 Å². The number of halogens is 1. The molecule has 0 unspecified atom stereocenters. The Morgan fingerprint density at radius 2 is 0.741 bits per heavy atom. The van der Waals surface area contributed by atoms with Crippen molar-refractivity contribution in [3.8, 4) is 0 Å². The molecule has 0 heterocycles. The van der Waals surface area contributed by atoms with Gasteiger partial charge in [0, 0.05) is 0 Å².